The Bertz CT molecular complexity index is 601. The van der Waals surface area contributed by atoms with Gasteiger partial charge in [0.2, 0.25) is 0 Å². The Morgan fingerprint density at radius 3 is 2.60 bits per heavy atom. The number of hydrogen-bond acceptors (Lipinski definition) is 2. The molecule has 2 aromatic rings. The Morgan fingerprint density at radius 1 is 1.25 bits per heavy atom. The third kappa shape index (κ3) is 3.39. The van der Waals surface area contributed by atoms with Gasteiger partial charge in [-0.2, -0.15) is 0 Å². The van der Waals surface area contributed by atoms with Gasteiger partial charge in [0.05, 0.1) is 11.6 Å². The van der Waals surface area contributed by atoms with Crippen LogP contribution in [0, 0.1) is 5.82 Å². The van der Waals surface area contributed by atoms with Crippen molar-refractivity contribution in [2.75, 3.05) is 0 Å². The average molecular weight is 289 g/mol. The molecule has 1 N–H and O–H groups in total. The summed E-state index contributed by atoms with van der Waals surface area (Å²) in [7, 11) is 0. The predicted molar refractivity (Wildman–Crippen MR) is 80.6 cm³/mol. The van der Waals surface area contributed by atoms with Crippen molar-refractivity contribution in [1.82, 2.24) is 5.32 Å². The lowest BCUT2D eigenvalue weighted by Gasteiger charge is -2.17. The molecule has 0 radical (unpaired) electrons. The Kier molecular flexibility index (Phi) is 4.79. The summed E-state index contributed by atoms with van der Waals surface area (Å²) in [6.07, 6.45) is 0.734. The highest BCUT2D eigenvalue weighted by molar-refractivity contribution is 7.80. The zero-order chi connectivity index (χ0) is 14.5. The molecule has 0 saturated heterocycles. The Hall–Kier alpha value is -1.81. The van der Waals surface area contributed by atoms with Crippen LogP contribution in [0.1, 0.15) is 35.3 Å². The van der Waals surface area contributed by atoms with Crippen molar-refractivity contribution in [2.45, 2.75) is 24.3 Å². The summed E-state index contributed by atoms with van der Waals surface area (Å²) in [5.74, 6) is -0.961. The summed E-state index contributed by atoms with van der Waals surface area (Å²) in [6, 6.07) is 13.7. The van der Waals surface area contributed by atoms with Crippen molar-refractivity contribution in [3.05, 3.63) is 65.5 Å². The fourth-order valence-electron chi connectivity index (χ4n) is 2.03. The number of amides is 1. The van der Waals surface area contributed by atoms with Crippen molar-refractivity contribution in [3.63, 3.8) is 0 Å². The van der Waals surface area contributed by atoms with Gasteiger partial charge in [-0.15, -0.1) is 12.6 Å². The van der Waals surface area contributed by atoms with Gasteiger partial charge >= 0.3 is 0 Å². The third-order valence-corrected chi connectivity index (χ3v) is 3.39. The molecule has 0 aromatic heterocycles. The van der Waals surface area contributed by atoms with E-state index in [-0.39, 0.29) is 11.6 Å². The highest BCUT2D eigenvalue weighted by Gasteiger charge is 2.17. The van der Waals surface area contributed by atoms with E-state index in [1.165, 1.54) is 18.2 Å². The van der Waals surface area contributed by atoms with E-state index < -0.39 is 11.7 Å². The molecule has 0 aliphatic heterocycles. The first kappa shape index (κ1) is 14.6. The number of thiol groups is 1. The van der Waals surface area contributed by atoms with Gasteiger partial charge in [0.1, 0.15) is 5.82 Å². The maximum absolute atomic E-state index is 13.7. The molecule has 4 heteroatoms. The van der Waals surface area contributed by atoms with Gasteiger partial charge in [-0.05, 0) is 30.2 Å². The summed E-state index contributed by atoms with van der Waals surface area (Å²) >= 11 is 4.13. The van der Waals surface area contributed by atoms with Gasteiger partial charge in [0, 0.05) is 4.90 Å². The first-order valence-electron chi connectivity index (χ1n) is 6.46. The Morgan fingerprint density at radius 2 is 1.95 bits per heavy atom. The van der Waals surface area contributed by atoms with Crippen LogP contribution in [0.5, 0.6) is 0 Å². The molecule has 0 heterocycles. The summed E-state index contributed by atoms with van der Waals surface area (Å²) in [4.78, 5) is 12.7. The van der Waals surface area contributed by atoms with Crippen LogP contribution in [0.2, 0.25) is 0 Å². The lowest BCUT2D eigenvalue weighted by Crippen LogP contribution is -2.28. The summed E-state index contributed by atoms with van der Waals surface area (Å²) in [5, 5.41) is 2.85. The second kappa shape index (κ2) is 6.57. The topological polar surface area (TPSA) is 29.1 Å². The van der Waals surface area contributed by atoms with E-state index in [1.807, 2.05) is 37.3 Å². The zero-order valence-electron chi connectivity index (χ0n) is 11.1. The van der Waals surface area contributed by atoms with Crippen LogP contribution in [0.15, 0.2) is 53.4 Å². The minimum absolute atomic E-state index is 0.0203. The zero-order valence-corrected chi connectivity index (χ0v) is 12.0. The van der Waals surface area contributed by atoms with Gasteiger partial charge in [-0.1, -0.05) is 37.3 Å². The van der Waals surface area contributed by atoms with Gasteiger partial charge < -0.3 is 5.32 Å². The molecule has 20 heavy (non-hydrogen) atoms. The second-order valence-electron chi connectivity index (χ2n) is 4.51. The van der Waals surface area contributed by atoms with Crippen LogP contribution in [-0.4, -0.2) is 5.91 Å². The van der Waals surface area contributed by atoms with Crippen molar-refractivity contribution >= 4 is 18.5 Å². The molecule has 104 valence electrons. The number of hydrogen-bond donors (Lipinski definition) is 2. The summed E-state index contributed by atoms with van der Waals surface area (Å²) < 4.78 is 13.7. The smallest absolute Gasteiger partial charge is 0.254 e. The number of rotatable bonds is 4. The minimum Gasteiger partial charge on any atom is -0.345 e. The molecular formula is C16H16FNOS. The molecule has 0 saturated carbocycles. The van der Waals surface area contributed by atoms with Gasteiger partial charge in [-0.3, -0.25) is 4.79 Å². The first-order valence-corrected chi connectivity index (χ1v) is 6.91. The largest absolute Gasteiger partial charge is 0.345 e. The lowest BCUT2D eigenvalue weighted by atomic mass is 10.0. The first-order chi connectivity index (χ1) is 9.61. The summed E-state index contributed by atoms with van der Waals surface area (Å²) in [5.41, 5.74) is 1.03. The molecule has 1 amide bonds. The van der Waals surface area contributed by atoms with Gasteiger partial charge in [0.15, 0.2) is 0 Å². The molecule has 0 fully saturated rings. The molecule has 1 unspecified atom stereocenters. The molecule has 1 atom stereocenters. The number of nitrogens with one attached hydrogen (secondary N) is 1. The average Bonchev–Trinajstić information content (AvgIpc) is 2.48. The molecule has 0 aliphatic carbocycles. The minimum atomic E-state index is -0.539. The molecule has 0 spiro atoms. The van der Waals surface area contributed by atoms with Crippen LogP contribution < -0.4 is 5.32 Å². The fraction of sp³-hybridized carbons (Fsp3) is 0.188. The maximum atomic E-state index is 13.7. The fourth-order valence-corrected chi connectivity index (χ4v) is 2.23. The monoisotopic (exact) mass is 289 g/mol. The van der Waals surface area contributed by atoms with Crippen molar-refractivity contribution in [2.24, 2.45) is 0 Å². The predicted octanol–water partition coefficient (Wildman–Crippen LogP) is 4.00. The number of carbonyl (C=O) groups is 1. The second-order valence-corrected chi connectivity index (χ2v) is 5.03. The van der Waals surface area contributed by atoms with Crippen molar-refractivity contribution in [1.29, 1.82) is 0 Å². The molecule has 2 rings (SSSR count). The van der Waals surface area contributed by atoms with Crippen molar-refractivity contribution < 1.29 is 9.18 Å². The summed E-state index contributed by atoms with van der Waals surface area (Å²) in [6.45, 7) is 1.98. The Balaban J connectivity index is 2.20. The van der Waals surface area contributed by atoms with Crippen LogP contribution >= 0.6 is 12.6 Å². The highest BCUT2D eigenvalue weighted by atomic mass is 32.1. The SMILES string of the molecule is CCC(NC(=O)c1cc(S)ccc1F)c1ccccc1. The lowest BCUT2D eigenvalue weighted by molar-refractivity contribution is 0.0931. The third-order valence-electron chi connectivity index (χ3n) is 3.11. The molecular weight excluding hydrogens is 273 g/mol. The van der Waals surface area contributed by atoms with E-state index in [4.69, 9.17) is 0 Å². The normalized spacial score (nSPS) is 11.9. The van der Waals surface area contributed by atoms with Crippen LogP contribution in [0.25, 0.3) is 0 Å². The molecule has 2 aromatic carbocycles. The van der Waals surface area contributed by atoms with Crippen LogP contribution in [-0.2, 0) is 0 Å². The van der Waals surface area contributed by atoms with Crippen LogP contribution in [0.4, 0.5) is 4.39 Å². The van der Waals surface area contributed by atoms with Gasteiger partial charge in [0.25, 0.3) is 5.91 Å². The van der Waals surface area contributed by atoms with E-state index in [2.05, 4.69) is 17.9 Å². The molecule has 0 bridgehead atoms. The Labute approximate surface area is 123 Å². The van der Waals surface area contributed by atoms with Crippen LogP contribution in [0.3, 0.4) is 0 Å². The molecule has 2 nitrogen and oxygen atoms in total. The van der Waals surface area contributed by atoms with E-state index in [0.717, 1.165) is 12.0 Å². The number of benzene rings is 2. The van der Waals surface area contributed by atoms with Crippen molar-refractivity contribution in [3.8, 4) is 0 Å². The quantitative estimate of drug-likeness (QED) is 0.819. The van der Waals surface area contributed by atoms with Gasteiger partial charge in [-0.25, -0.2) is 4.39 Å². The molecule has 0 aliphatic rings. The van der Waals surface area contributed by atoms with E-state index >= 15 is 0 Å². The number of carbonyl (C=O) groups excluding carboxylic acids is 1. The van der Waals surface area contributed by atoms with E-state index in [0.29, 0.717) is 4.90 Å². The standard InChI is InChI=1S/C16H16FNOS/c1-2-15(11-6-4-3-5-7-11)18-16(19)13-10-12(20)8-9-14(13)17/h3-10,15,20H,2H2,1H3,(H,18,19). The number of halogens is 1. The van der Waals surface area contributed by atoms with E-state index in [9.17, 15) is 9.18 Å². The maximum Gasteiger partial charge on any atom is 0.254 e. The van der Waals surface area contributed by atoms with E-state index in [1.54, 1.807) is 0 Å². The highest BCUT2D eigenvalue weighted by Crippen LogP contribution is 2.19.